The summed E-state index contributed by atoms with van der Waals surface area (Å²) in [6.45, 7) is 0. The van der Waals surface area contributed by atoms with Gasteiger partial charge >= 0.3 is 0 Å². The van der Waals surface area contributed by atoms with Crippen LogP contribution in [0.1, 0.15) is 37.5 Å². The van der Waals surface area contributed by atoms with Gasteiger partial charge in [0.2, 0.25) is 0 Å². The lowest BCUT2D eigenvalue weighted by molar-refractivity contribution is 0.138. The summed E-state index contributed by atoms with van der Waals surface area (Å²) in [6, 6.07) is 3.96. The molecule has 0 bridgehead atoms. The van der Waals surface area contributed by atoms with Gasteiger partial charge in [0.15, 0.2) is 0 Å². The van der Waals surface area contributed by atoms with Crippen LogP contribution in [0.2, 0.25) is 0 Å². The predicted molar refractivity (Wildman–Crippen MR) is 54.7 cm³/mol. The van der Waals surface area contributed by atoms with E-state index in [1.807, 2.05) is 18.3 Å². The quantitative estimate of drug-likeness (QED) is 0.740. The summed E-state index contributed by atoms with van der Waals surface area (Å²) in [5, 5.41) is 10.1. The molecule has 0 spiro atoms. The molecule has 3 rings (SSSR count). The van der Waals surface area contributed by atoms with Crippen LogP contribution in [-0.2, 0) is 0 Å². The maximum atomic E-state index is 10.1. The van der Waals surface area contributed by atoms with Crippen LogP contribution in [0, 0.1) is 17.8 Å². The zero-order chi connectivity index (χ0) is 9.54. The first-order chi connectivity index (χ1) is 6.88. The van der Waals surface area contributed by atoms with Crippen LogP contribution in [0.5, 0.6) is 0 Å². The van der Waals surface area contributed by atoms with E-state index in [9.17, 15) is 5.11 Å². The molecule has 2 nitrogen and oxygen atoms in total. The fraction of sp³-hybridized carbons (Fsp3) is 0.667. The van der Waals surface area contributed by atoms with Crippen molar-refractivity contribution in [1.82, 2.24) is 4.98 Å². The topological polar surface area (TPSA) is 36.0 Å². The molecule has 3 unspecified atom stereocenters. The molecule has 1 aromatic rings. The molecule has 0 saturated heterocycles. The van der Waals surface area contributed by atoms with Crippen molar-refractivity contribution in [2.24, 2.45) is 17.8 Å². The smallest absolute Gasteiger partial charge is 0.0971 e. The van der Waals surface area contributed by atoms with E-state index in [-0.39, 0.29) is 6.10 Å². The van der Waals surface area contributed by atoms with Gasteiger partial charge in [0, 0.05) is 11.9 Å². The van der Waals surface area contributed by atoms with Crippen molar-refractivity contribution >= 4 is 0 Å². The van der Waals surface area contributed by atoms with Crippen LogP contribution in [0.25, 0.3) is 0 Å². The molecule has 1 heterocycles. The monoisotopic (exact) mass is 191 g/mol. The van der Waals surface area contributed by atoms with Gasteiger partial charge in [0.25, 0.3) is 0 Å². The summed E-state index contributed by atoms with van der Waals surface area (Å²) in [4.78, 5) is 3.12. The van der Waals surface area contributed by atoms with Crippen molar-refractivity contribution in [3.8, 4) is 0 Å². The molecule has 0 aliphatic heterocycles. The fourth-order valence-corrected chi connectivity index (χ4v) is 3.25. The summed E-state index contributed by atoms with van der Waals surface area (Å²) >= 11 is 0. The van der Waals surface area contributed by atoms with Crippen molar-refractivity contribution in [1.29, 1.82) is 0 Å². The van der Waals surface area contributed by atoms with Gasteiger partial charge in [-0.25, -0.2) is 0 Å². The minimum atomic E-state index is -0.238. The summed E-state index contributed by atoms with van der Waals surface area (Å²) in [7, 11) is 0. The summed E-state index contributed by atoms with van der Waals surface area (Å²) < 4.78 is 0. The molecule has 0 radical (unpaired) electrons. The third-order valence-corrected chi connectivity index (χ3v) is 4.03. The first kappa shape index (κ1) is 8.54. The minimum Gasteiger partial charge on any atom is -0.387 e. The number of aromatic nitrogens is 1. The van der Waals surface area contributed by atoms with Gasteiger partial charge in [0.1, 0.15) is 0 Å². The highest BCUT2D eigenvalue weighted by atomic mass is 16.3. The highest BCUT2D eigenvalue weighted by molar-refractivity contribution is 5.14. The summed E-state index contributed by atoms with van der Waals surface area (Å²) in [6.07, 6.45) is 7.08. The number of nitrogens with one attached hydrogen (secondary N) is 1. The van der Waals surface area contributed by atoms with Crippen molar-refractivity contribution in [3.05, 3.63) is 24.0 Å². The molecule has 2 aliphatic carbocycles. The van der Waals surface area contributed by atoms with Crippen molar-refractivity contribution < 1.29 is 5.11 Å². The van der Waals surface area contributed by atoms with Gasteiger partial charge in [-0.1, -0.05) is 12.8 Å². The molecule has 2 fully saturated rings. The molecule has 3 atom stereocenters. The first-order valence-electron chi connectivity index (χ1n) is 5.69. The van der Waals surface area contributed by atoms with Crippen LogP contribution in [0.15, 0.2) is 18.3 Å². The van der Waals surface area contributed by atoms with E-state index < -0.39 is 0 Å². The van der Waals surface area contributed by atoms with E-state index in [1.165, 1.54) is 25.7 Å². The number of hydrogen-bond donors (Lipinski definition) is 2. The van der Waals surface area contributed by atoms with Crippen LogP contribution in [0.3, 0.4) is 0 Å². The lowest BCUT2D eigenvalue weighted by Gasteiger charge is -2.07. The Morgan fingerprint density at radius 3 is 2.57 bits per heavy atom. The number of aliphatic hydroxyl groups is 1. The maximum absolute atomic E-state index is 10.1. The molecule has 0 amide bonds. The van der Waals surface area contributed by atoms with Gasteiger partial charge in [-0.05, 0) is 42.7 Å². The van der Waals surface area contributed by atoms with Gasteiger partial charge in [-0.2, -0.15) is 0 Å². The summed E-state index contributed by atoms with van der Waals surface area (Å²) in [5.74, 6) is 2.19. The predicted octanol–water partition coefficient (Wildman–Crippen LogP) is 2.48. The van der Waals surface area contributed by atoms with E-state index in [0.29, 0.717) is 5.92 Å². The molecular formula is C12H17NO. The fourth-order valence-electron chi connectivity index (χ4n) is 3.25. The number of fused-ring (bicyclic) bond motifs is 1. The Morgan fingerprint density at radius 1 is 1.29 bits per heavy atom. The Labute approximate surface area is 84.3 Å². The second-order valence-electron chi connectivity index (χ2n) is 4.76. The Balaban J connectivity index is 1.72. The van der Waals surface area contributed by atoms with Gasteiger partial charge in [-0.15, -0.1) is 0 Å². The van der Waals surface area contributed by atoms with Crippen molar-refractivity contribution in [3.63, 3.8) is 0 Å². The molecular weight excluding hydrogens is 174 g/mol. The molecule has 2 saturated carbocycles. The van der Waals surface area contributed by atoms with Gasteiger partial charge in [-0.3, -0.25) is 0 Å². The number of H-pyrrole nitrogens is 1. The van der Waals surface area contributed by atoms with E-state index in [4.69, 9.17) is 0 Å². The van der Waals surface area contributed by atoms with Gasteiger partial charge in [0.05, 0.1) is 6.10 Å². The number of hydrogen-bond acceptors (Lipinski definition) is 1. The van der Waals surface area contributed by atoms with Gasteiger partial charge < -0.3 is 10.1 Å². The number of aromatic amines is 1. The third kappa shape index (κ3) is 1.21. The van der Waals surface area contributed by atoms with Crippen LogP contribution < -0.4 is 0 Å². The standard InChI is InChI=1S/C12H17NO/c14-12(10-6-3-7-13-10)11-8-4-1-2-5-9(8)11/h3,6-9,11-14H,1-2,4-5H2. The Kier molecular flexibility index (Phi) is 1.91. The lowest BCUT2D eigenvalue weighted by atomic mass is 10.0. The first-order valence-corrected chi connectivity index (χ1v) is 5.69. The van der Waals surface area contributed by atoms with Crippen molar-refractivity contribution in [2.45, 2.75) is 31.8 Å². The summed E-state index contributed by atoms with van der Waals surface area (Å²) in [5.41, 5.74) is 1.00. The maximum Gasteiger partial charge on any atom is 0.0971 e. The molecule has 76 valence electrons. The second-order valence-corrected chi connectivity index (χ2v) is 4.76. The second kappa shape index (κ2) is 3.13. The lowest BCUT2D eigenvalue weighted by Crippen LogP contribution is -2.02. The highest BCUT2D eigenvalue weighted by Crippen LogP contribution is 2.60. The van der Waals surface area contributed by atoms with Crippen LogP contribution in [0.4, 0.5) is 0 Å². The van der Waals surface area contributed by atoms with E-state index in [1.54, 1.807) is 0 Å². The Morgan fingerprint density at radius 2 is 2.00 bits per heavy atom. The zero-order valence-electron chi connectivity index (χ0n) is 8.32. The average molecular weight is 191 g/mol. The van der Waals surface area contributed by atoms with E-state index >= 15 is 0 Å². The molecule has 14 heavy (non-hydrogen) atoms. The molecule has 0 aromatic carbocycles. The van der Waals surface area contributed by atoms with E-state index in [0.717, 1.165) is 17.5 Å². The Bertz CT molecular complexity index is 294. The Hall–Kier alpha value is -0.760. The molecule has 2 heteroatoms. The third-order valence-electron chi connectivity index (χ3n) is 4.03. The molecule has 2 N–H and O–H groups in total. The number of aliphatic hydroxyl groups excluding tert-OH is 1. The average Bonchev–Trinajstić information content (AvgIpc) is 2.70. The zero-order valence-corrected chi connectivity index (χ0v) is 8.32. The molecule has 1 aromatic heterocycles. The molecule has 2 aliphatic rings. The number of rotatable bonds is 2. The van der Waals surface area contributed by atoms with Crippen LogP contribution in [-0.4, -0.2) is 10.1 Å². The SMILES string of the molecule is OC(c1ccc[nH]1)C1C2CCCCC21. The normalized spacial score (nSPS) is 37.6. The highest BCUT2D eigenvalue weighted by Gasteiger charge is 2.54. The largest absolute Gasteiger partial charge is 0.387 e. The van der Waals surface area contributed by atoms with Crippen molar-refractivity contribution in [2.75, 3.05) is 0 Å². The van der Waals surface area contributed by atoms with Crippen LogP contribution >= 0.6 is 0 Å². The van der Waals surface area contributed by atoms with E-state index in [2.05, 4.69) is 4.98 Å². The minimum absolute atomic E-state index is 0.238.